The van der Waals surface area contributed by atoms with E-state index in [1.807, 2.05) is 6.92 Å². The third kappa shape index (κ3) is 1.95. The lowest BCUT2D eigenvalue weighted by Crippen LogP contribution is -2.33. The molecule has 1 aliphatic heterocycles. The van der Waals surface area contributed by atoms with Crippen LogP contribution in [0.4, 0.5) is 10.2 Å². The zero-order valence-electron chi connectivity index (χ0n) is 11.4. The Morgan fingerprint density at radius 3 is 2.89 bits per heavy atom. The summed E-state index contributed by atoms with van der Waals surface area (Å²) in [6.07, 6.45) is 2.59. The number of halogens is 1. The molecule has 19 heavy (non-hydrogen) atoms. The first-order chi connectivity index (χ1) is 8.87. The van der Waals surface area contributed by atoms with Crippen molar-refractivity contribution in [2.75, 3.05) is 5.32 Å². The molecule has 0 aromatic carbocycles. The van der Waals surface area contributed by atoms with Gasteiger partial charge >= 0.3 is 0 Å². The highest BCUT2D eigenvalue weighted by Gasteiger charge is 2.38. The van der Waals surface area contributed by atoms with Gasteiger partial charge in [0.25, 0.3) is 0 Å². The molecular weight excluding hydrogens is 243 g/mol. The van der Waals surface area contributed by atoms with Gasteiger partial charge < -0.3 is 5.32 Å². The van der Waals surface area contributed by atoms with Crippen molar-refractivity contribution in [3.63, 3.8) is 0 Å². The summed E-state index contributed by atoms with van der Waals surface area (Å²) < 4.78 is 13.3. The van der Waals surface area contributed by atoms with E-state index in [4.69, 9.17) is 0 Å². The fourth-order valence-electron chi connectivity index (χ4n) is 3.14. The third-order valence-corrected chi connectivity index (χ3v) is 3.97. The molecule has 0 bridgehead atoms. The van der Waals surface area contributed by atoms with Gasteiger partial charge in [-0.1, -0.05) is 20.8 Å². The Labute approximate surface area is 111 Å². The Kier molecular flexibility index (Phi) is 2.52. The number of rotatable bonds is 0. The lowest BCUT2D eigenvalue weighted by molar-refractivity contribution is -0.118. The van der Waals surface area contributed by atoms with Crippen molar-refractivity contribution in [1.29, 1.82) is 0 Å². The summed E-state index contributed by atoms with van der Waals surface area (Å²) in [5.74, 6) is 0.400. The van der Waals surface area contributed by atoms with Gasteiger partial charge in [0.1, 0.15) is 11.6 Å². The number of carbonyl (C=O) groups excluding carboxylic acids is 1. The Morgan fingerprint density at radius 2 is 2.16 bits per heavy atom. The molecule has 0 amide bonds. The number of nitrogens with zero attached hydrogens (tertiary/aromatic N) is 1. The maximum absolute atomic E-state index is 13.3. The summed E-state index contributed by atoms with van der Waals surface area (Å²) in [7, 11) is 0. The summed E-state index contributed by atoms with van der Waals surface area (Å²) in [5.41, 5.74) is 2.51. The number of allylic oxidation sites excluding steroid dienone is 2. The zero-order chi connectivity index (χ0) is 13.8. The van der Waals surface area contributed by atoms with Crippen LogP contribution < -0.4 is 5.32 Å². The second kappa shape index (κ2) is 3.89. The van der Waals surface area contributed by atoms with E-state index >= 15 is 0 Å². The van der Waals surface area contributed by atoms with Crippen LogP contribution in [0.25, 0.3) is 0 Å². The van der Waals surface area contributed by atoms with Gasteiger partial charge in [-0.15, -0.1) is 0 Å². The first-order valence-electron chi connectivity index (χ1n) is 6.56. The Balaban J connectivity index is 2.10. The number of hydrogen-bond donors (Lipinski definition) is 1. The van der Waals surface area contributed by atoms with Gasteiger partial charge in [-0.3, -0.25) is 4.79 Å². The fourth-order valence-corrected chi connectivity index (χ4v) is 3.14. The van der Waals surface area contributed by atoms with Gasteiger partial charge in [0.05, 0.1) is 6.20 Å². The van der Waals surface area contributed by atoms with Crippen molar-refractivity contribution in [1.82, 2.24) is 4.98 Å². The lowest BCUT2D eigenvalue weighted by atomic mass is 9.71. The fraction of sp³-hybridized carbons (Fsp3) is 0.467. The van der Waals surface area contributed by atoms with Gasteiger partial charge in [0.2, 0.25) is 0 Å². The largest absolute Gasteiger partial charge is 0.343 e. The third-order valence-electron chi connectivity index (χ3n) is 3.97. The van der Waals surface area contributed by atoms with E-state index in [0.717, 1.165) is 23.3 Å². The maximum Gasteiger partial charge on any atom is 0.161 e. The second-order valence-electron chi connectivity index (χ2n) is 6.27. The number of Topliss-reactive ketones (excluding diaryl/α,β-unsaturated/α-hetero) is 1. The molecule has 2 aliphatic rings. The summed E-state index contributed by atoms with van der Waals surface area (Å²) in [6, 6.07) is 1.47. The standard InChI is InChI=1S/C15H17FN2O/c1-8-10-4-9(16)7-17-14(10)18-11-5-15(2,3)6-12(19)13(8)11/h4,7-8H,5-6H2,1-3H3,(H,17,18). The molecule has 0 spiro atoms. The molecule has 3 rings (SSSR count). The van der Waals surface area contributed by atoms with Crippen molar-refractivity contribution in [3.8, 4) is 0 Å². The van der Waals surface area contributed by atoms with Crippen molar-refractivity contribution < 1.29 is 9.18 Å². The number of anilines is 1. The lowest BCUT2D eigenvalue weighted by Gasteiger charge is -2.37. The van der Waals surface area contributed by atoms with E-state index in [-0.39, 0.29) is 22.9 Å². The van der Waals surface area contributed by atoms with Crippen LogP contribution in [0.15, 0.2) is 23.5 Å². The van der Waals surface area contributed by atoms with E-state index in [0.29, 0.717) is 12.2 Å². The SMILES string of the molecule is CC1C2=C(CC(C)(C)CC2=O)Nc2ncc(F)cc21. The number of ketones is 1. The highest BCUT2D eigenvalue weighted by Crippen LogP contribution is 2.45. The van der Waals surface area contributed by atoms with Crippen molar-refractivity contribution in [2.45, 2.75) is 39.5 Å². The first-order valence-corrected chi connectivity index (χ1v) is 6.56. The van der Waals surface area contributed by atoms with Crippen LogP contribution in [0, 0.1) is 11.2 Å². The van der Waals surface area contributed by atoms with E-state index in [2.05, 4.69) is 24.1 Å². The Hall–Kier alpha value is -1.71. The minimum Gasteiger partial charge on any atom is -0.343 e. The molecule has 0 radical (unpaired) electrons. The van der Waals surface area contributed by atoms with Gasteiger partial charge in [-0.05, 0) is 17.9 Å². The molecule has 2 heterocycles. The van der Waals surface area contributed by atoms with Gasteiger partial charge in [0.15, 0.2) is 5.78 Å². The quantitative estimate of drug-likeness (QED) is 0.777. The molecule has 0 fully saturated rings. The average Bonchev–Trinajstić information content (AvgIpc) is 2.28. The number of carbonyl (C=O) groups is 1. The molecular formula is C15H17FN2O. The van der Waals surface area contributed by atoms with Crippen LogP contribution in [0.2, 0.25) is 0 Å². The number of pyridine rings is 1. The van der Waals surface area contributed by atoms with Crippen molar-refractivity contribution >= 4 is 11.6 Å². The summed E-state index contributed by atoms with van der Waals surface area (Å²) in [4.78, 5) is 16.4. The Morgan fingerprint density at radius 1 is 1.42 bits per heavy atom. The minimum absolute atomic E-state index is 0.0276. The van der Waals surface area contributed by atoms with Crippen LogP contribution in [0.1, 0.15) is 45.1 Å². The predicted octanol–water partition coefficient (Wildman–Crippen LogP) is 3.39. The number of fused-ring (bicyclic) bond motifs is 1. The van der Waals surface area contributed by atoms with Gasteiger partial charge in [-0.2, -0.15) is 0 Å². The second-order valence-corrected chi connectivity index (χ2v) is 6.27. The molecule has 4 heteroatoms. The van der Waals surface area contributed by atoms with Crippen LogP contribution >= 0.6 is 0 Å². The maximum atomic E-state index is 13.3. The average molecular weight is 260 g/mol. The summed E-state index contributed by atoms with van der Waals surface area (Å²) >= 11 is 0. The molecule has 0 saturated heterocycles. The van der Waals surface area contributed by atoms with Gasteiger partial charge in [-0.25, -0.2) is 9.37 Å². The van der Waals surface area contributed by atoms with E-state index in [9.17, 15) is 9.18 Å². The molecule has 1 aliphatic carbocycles. The molecule has 1 aromatic heterocycles. The minimum atomic E-state index is -0.361. The molecule has 3 nitrogen and oxygen atoms in total. The molecule has 1 N–H and O–H groups in total. The Bertz CT molecular complexity index is 604. The van der Waals surface area contributed by atoms with Crippen LogP contribution in [-0.2, 0) is 4.79 Å². The summed E-state index contributed by atoms with van der Waals surface area (Å²) in [5, 5.41) is 3.22. The van der Waals surface area contributed by atoms with Crippen molar-refractivity contribution in [3.05, 3.63) is 34.9 Å². The smallest absolute Gasteiger partial charge is 0.161 e. The van der Waals surface area contributed by atoms with E-state index < -0.39 is 0 Å². The van der Waals surface area contributed by atoms with Crippen LogP contribution in [0.5, 0.6) is 0 Å². The monoisotopic (exact) mass is 260 g/mol. The van der Waals surface area contributed by atoms with Gasteiger partial charge in [0, 0.05) is 29.2 Å². The van der Waals surface area contributed by atoms with E-state index in [1.54, 1.807) is 0 Å². The van der Waals surface area contributed by atoms with Crippen LogP contribution in [-0.4, -0.2) is 10.8 Å². The molecule has 0 saturated carbocycles. The highest BCUT2D eigenvalue weighted by molar-refractivity contribution is 6.00. The first kappa shape index (κ1) is 12.3. The molecule has 1 aromatic rings. The number of aromatic nitrogens is 1. The van der Waals surface area contributed by atoms with Crippen LogP contribution in [0.3, 0.4) is 0 Å². The highest BCUT2D eigenvalue weighted by atomic mass is 19.1. The zero-order valence-corrected chi connectivity index (χ0v) is 11.4. The number of nitrogens with one attached hydrogen (secondary N) is 1. The molecule has 100 valence electrons. The molecule has 1 unspecified atom stereocenters. The predicted molar refractivity (Wildman–Crippen MR) is 71.3 cm³/mol. The van der Waals surface area contributed by atoms with Crippen molar-refractivity contribution in [2.24, 2.45) is 5.41 Å². The normalized spacial score (nSPS) is 24.6. The topological polar surface area (TPSA) is 42.0 Å². The number of hydrogen-bond acceptors (Lipinski definition) is 3. The summed E-state index contributed by atoms with van der Waals surface area (Å²) in [6.45, 7) is 6.13. The molecule has 1 atom stereocenters. The van der Waals surface area contributed by atoms with E-state index in [1.165, 1.54) is 12.3 Å².